The Morgan fingerprint density at radius 3 is 2.43 bits per heavy atom. The molecule has 7 heteroatoms. The number of amides is 2. The summed E-state index contributed by atoms with van der Waals surface area (Å²) in [5.74, 6) is -0.766. The van der Waals surface area contributed by atoms with Gasteiger partial charge in [-0.15, -0.1) is 0 Å². The first-order chi connectivity index (χ1) is 11.0. The molecular weight excluding hydrogens is 334 g/mol. The average Bonchev–Trinajstić information content (AvgIpc) is 2.53. The van der Waals surface area contributed by atoms with E-state index in [2.05, 4.69) is 16.2 Å². The Bertz CT molecular complexity index is 764. The molecule has 0 heterocycles. The largest absolute Gasteiger partial charge is 0.298 e. The third kappa shape index (κ3) is 4.77. The number of halogens is 1. The minimum Gasteiger partial charge on any atom is -0.298 e. The first-order valence-corrected chi connectivity index (χ1v) is 7.49. The van der Waals surface area contributed by atoms with Gasteiger partial charge in [0.25, 0.3) is 11.8 Å². The third-order valence-electron chi connectivity index (χ3n) is 2.99. The van der Waals surface area contributed by atoms with Crippen molar-refractivity contribution >= 4 is 40.7 Å². The number of rotatable bonds is 2. The monoisotopic (exact) mass is 347 g/mol. The molecule has 0 saturated heterocycles. The summed E-state index contributed by atoms with van der Waals surface area (Å²) in [6.07, 6.45) is 0. The van der Waals surface area contributed by atoms with Crippen molar-refractivity contribution in [1.29, 1.82) is 0 Å². The van der Waals surface area contributed by atoms with Crippen molar-refractivity contribution in [2.24, 2.45) is 0 Å². The molecule has 0 spiro atoms. The van der Waals surface area contributed by atoms with Crippen molar-refractivity contribution < 1.29 is 9.59 Å². The topological polar surface area (TPSA) is 70.2 Å². The Balaban J connectivity index is 1.89. The summed E-state index contributed by atoms with van der Waals surface area (Å²) in [4.78, 5) is 24.0. The molecule has 0 bridgehead atoms. The van der Waals surface area contributed by atoms with E-state index in [-0.39, 0.29) is 11.0 Å². The lowest BCUT2D eigenvalue weighted by atomic mass is 10.1. The molecule has 0 atom stereocenters. The number of benzene rings is 2. The molecule has 0 aliphatic carbocycles. The van der Waals surface area contributed by atoms with E-state index in [1.165, 1.54) is 6.07 Å². The van der Waals surface area contributed by atoms with Gasteiger partial charge in [0.2, 0.25) is 0 Å². The summed E-state index contributed by atoms with van der Waals surface area (Å²) in [7, 11) is 0. The fraction of sp³-hybridized carbons (Fsp3) is 0.0625. The van der Waals surface area contributed by atoms with Crippen LogP contribution < -0.4 is 16.2 Å². The van der Waals surface area contributed by atoms with Crippen LogP contribution in [0.5, 0.6) is 0 Å². The number of carbonyl (C=O) groups excluding carboxylic acids is 2. The summed E-state index contributed by atoms with van der Waals surface area (Å²) in [6, 6.07) is 13.6. The fourth-order valence-corrected chi connectivity index (χ4v) is 2.18. The van der Waals surface area contributed by atoms with Crippen LogP contribution in [-0.4, -0.2) is 16.9 Å². The zero-order chi connectivity index (χ0) is 16.8. The zero-order valence-electron chi connectivity index (χ0n) is 12.2. The van der Waals surface area contributed by atoms with Crippen LogP contribution in [0, 0.1) is 6.92 Å². The van der Waals surface area contributed by atoms with Gasteiger partial charge in [-0.25, -0.2) is 0 Å². The maximum absolute atomic E-state index is 12.1. The Morgan fingerprint density at radius 2 is 1.74 bits per heavy atom. The zero-order valence-corrected chi connectivity index (χ0v) is 13.8. The summed E-state index contributed by atoms with van der Waals surface area (Å²) in [6.45, 7) is 1.83. The van der Waals surface area contributed by atoms with E-state index in [1.807, 2.05) is 19.1 Å². The van der Waals surface area contributed by atoms with Crippen LogP contribution in [0.3, 0.4) is 0 Å². The molecule has 23 heavy (non-hydrogen) atoms. The maximum atomic E-state index is 12.1. The van der Waals surface area contributed by atoms with Gasteiger partial charge in [-0.1, -0.05) is 35.9 Å². The normalized spacial score (nSPS) is 9.83. The van der Waals surface area contributed by atoms with E-state index in [0.29, 0.717) is 16.1 Å². The SMILES string of the molecule is Cc1ccccc1C(=O)NC(=S)NNC(=O)c1cccc(Cl)c1. The number of nitrogens with one attached hydrogen (secondary N) is 3. The Morgan fingerprint density at radius 1 is 1.00 bits per heavy atom. The third-order valence-corrected chi connectivity index (χ3v) is 3.43. The van der Waals surface area contributed by atoms with Crippen LogP contribution in [0.15, 0.2) is 48.5 Å². The first kappa shape index (κ1) is 16.9. The van der Waals surface area contributed by atoms with Crippen molar-refractivity contribution in [1.82, 2.24) is 16.2 Å². The van der Waals surface area contributed by atoms with Crippen molar-refractivity contribution in [2.45, 2.75) is 6.92 Å². The van der Waals surface area contributed by atoms with Crippen molar-refractivity contribution in [3.8, 4) is 0 Å². The molecule has 0 aliphatic heterocycles. The molecule has 0 unspecified atom stereocenters. The fourth-order valence-electron chi connectivity index (χ4n) is 1.84. The van der Waals surface area contributed by atoms with E-state index < -0.39 is 5.91 Å². The number of hydrogen-bond acceptors (Lipinski definition) is 3. The molecule has 0 aliphatic rings. The van der Waals surface area contributed by atoms with Crippen molar-refractivity contribution in [3.05, 3.63) is 70.2 Å². The Hall–Kier alpha value is -2.44. The standard InChI is InChI=1S/C16H14ClN3O2S/c1-10-5-2-3-8-13(10)15(22)18-16(23)20-19-14(21)11-6-4-7-12(17)9-11/h2-9H,1H3,(H,19,21)(H2,18,20,22,23). The highest BCUT2D eigenvalue weighted by Crippen LogP contribution is 2.10. The van der Waals surface area contributed by atoms with Crippen LogP contribution in [0.25, 0.3) is 0 Å². The van der Waals surface area contributed by atoms with Gasteiger partial charge in [0.15, 0.2) is 5.11 Å². The average molecular weight is 348 g/mol. The Labute approximate surface area is 144 Å². The predicted molar refractivity (Wildman–Crippen MR) is 93.3 cm³/mol. The van der Waals surface area contributed by atoms with E-state index in [0.717, 1.165) is 5.56 Å². The molecule has 2 amide bonds. The van der Waals surface area contributed by atoms with Crippen LogP contribution in [0.4, 0.5) is 0 Å². The van der Waals surface area contributed by atoms with Gasteiger partial charge >= 0.3 is 0 Å². The highest BCUT2D eigenvalue weighted by molar-refractivity contribution is 7.80. The number of carbonyl (C=O) groups is 2. The number of aryl methyl sites for hydroxylation is 1. The van der Waals surface area contributed by atoms with Gasteiger partial charge in [0, 0.05) is 16.1 Å². The number of thiocarbonyl (C=S) groups is 1. The highest BCUT2D eigenvalue weighted by Gasteiger charge is 2.11. The van der Waals surface area contributed by atoms with E-state index in [4.69, 9.17) is 23.8 Å². The predicted octanol–water partition coefficient (Wildman–Crippen LogP) is 2.60. The lowest BCUT2D eigenvalue weighted by molar-refractivity contribution is 0.0934. The van der Waals surface area contributed by atoms with E-state index in [9.17, 15) is 9.59 Å². The molecule has 3 N–H and O–H groups in total. The molecule has 0 saturated carbocycles. The molecule has 2 aromatic rings. The molecule has 2 aromatic carbocycles. The first-order valence-electron chi connectivity index (χ1n) is 6.70. The molecular formula is C16H14ClN3O2S. The van der Waals surface area contributed by atoms with Crippen LogP contribution in [0.2, 0.25) is 5.02 Å². The second kappa shape index (κ2) is 7.71. The van der Waals surface area contributed by atoms with E-state index >= 15 is 0 Å². The summed E-state index contributed by atoms with van der Waals surface area (Å²) >= 11 is 10.8. The smallest absolute Gasteiger partial charge is 0.269 e. The molecule has 5 nitrogen and oxygen atoms in total. The minimum absolute atomic E-state index is 0.00590. The van der Waals surface area contributed by atoms with Crippen LogP contribution in [-0.2, 0) is 0 Å². The highest BCUT2D eigenvalue weighted by atomic mass is 35.5. The number of hydrogen-bond donors (Lipinski definition) is 3. The van der Waals surface area contributed by atoms with Gasteiger partial charge in [-0.2, -0.15) is 0 Å². The molecule has 2 rings (SSSR count). The summed E-state index contributed by atoms with van der Waals surface area (Å²) < 4.78 is 0. The lowest BCUT2D eigenvalue weighted by Crippen LogP contribution is -2.48. The van der Waals surface area contributed by atoms with Crippen LogP contribution in [0.1, 0.15) is 26.3 Å². The lowest BCUT2D eigenvalue weighted by Gasteiger charge is -2.11. The maximum Gasteiger partial charge on any atom is 0.269 e. The summed E-state index contributed by atoms with van der Waals surface area (Å²) in [5.41, 5.74) is 6.59. The van der Waals surface area contributed by atoms with Gasteiger partial charge in [0.05, 0.1) is 0 Å². The van der Waals surface area contributed by atoms with E-state index in [1.54, 1.807) is 30.3 Å². The molecule has 0 aromatic heterocycles. The molecule has 0 fully saturated rings. The van der Waals surface area contributed by atoms with Gasteiger partial charge < -0.3 is 0 Å². The van der Waals surface area contributed by atoms with Gasteiger partial charge in [0.1, 0.15) is 0 Å². The van der Waals surface area contributed by atoms with Gasteiger partial charge in [-0.3, -0.25) is 25.8 Å². The minimum atomic E-state index is -0.417. The van der Waals surface area contributed by atoms with Crippen molar-refractivity contribution in [3.63, 3.8) is 0 Å². The van der Waals surface area contributed by atoms with Crippen LogP contribution >= 0.6 is 23.8 Å². The van der Waals surface area contributed by atoms with Gasteiger partial charge in [-0.05, 0) is 49.0 Å². The molecule has 118 valence electrons. The van der Waals surface area contributed by atoms with Crippen molar-refractivity contribution in [2.75, 3.05) is 0 Å². The quantitative estimate of drug-likeness (QED) is 0.577. The second-order valence-electron chi connectivity index (χ2n) is 4.69. The number of hydrazine groups is 1. The second-order valence-corrected chi connectivity index (χ2v) is 5.53. The summed E-state index contributed by atoms with van der Waals surface area (Å²) in [5, 5.41) is 2.94. The molecule has 0 radical (unpaired) electrons. The Kier molecular flexibility index (Phi) is 5.67.